The third-order valence-corrected chi connectivity index (χ3v) is 7.64. The Hall–Kier alpha value is -2.81. The number of aryl methyl sites for hydroxylation is 1. The number of rotatable bonds is 7. The molecule has 2 N–H and O–H groups in total. The Kier molecular flexibility index (Phi) is 8.17. The molecule has 2 fully saturated rings. The number of nitrogens with one attached hydrogen (secondary N) is 1. The first-order chi connectivity index (χ1) is 18.0. The molecule has 0 radical (unpaired) electrons. The average molecular weight is 509 g/mol. The Labute approximate surface area is 220 Å². The van der Waals surface area contributed by atoms with Gasteiger partial charge in [-0.15, -0.1) is 0 Å². The van der Waals surface area contributed by atoms with Gasteiger partial charge in [0.15, 0.2) is 6.10 Å². The van der Waals surface area contributed by atoms with Crippen molar-refractivity contribution in [3.8, 4) is 5.75 Å². The van der Waals surface area contributed by atoms with Crippen LogP contribution in [0.5, 0.6) is 5.75 Å². The van der Waals surface area contributed by atoms with Gasteiger partial charge in [-0.05, 0) is 80.3 Å². The van der Waals surface area contributed by atoms with Crippen LogP contribution in [-0.4, -0.2) is 81.0 Å². The molecule has 200 valence electrons. The zero-order valence-corrected chi connectivity index (χ0v) is 22.1. The lowest BCUT2D eigenvalue weighted by atomic mass is 9.96. The van der Waals surface area contributed by atoms with Crippen molar-refractivity contribution in [3.63, 3.8) is 0 Å². The van der Waals surface area contributed by atoms with Crippen LogP contribution in [0.25, 0.3) is 0 Å². The molecule has 3 aliphatic heterocycles. The molecule has 0 spiro atoms. The van der Waals surface area contributed by atoms with E-state index in [4.69, 9.17) is 9.47 Å². The SMILES string of the molecule is CCCN1CCN(c2cc(C(C)O)cc3c2OC(C(=O)Nc2ccc(N4CCOCC4)cc2)CC3)CC1. The molecule has 0 bridgehead atoms. The van der Waals surface area contributed by atoms with Crippen LogP contribution >= 0.6 is 0 Å². The summed E-state index contributed by atoms with van der Waals surface area (Å²) < 4.78 is 11.8. The summed E-state index contributed by atoms with van der Waals surface area (Å²) in [5.41, 5.74) is 4.88. The van der Waals surface area contributed by atoms with Gasteiger partial charge in [0.25, 0.3) is 5.91 Å². The summed E-state index contributed by atoms with van der Waals surface area (Å²) in [6.07, 6.45) is 1.41. The number of nitrogens with zero attached hydrogens (tertiary/aromatic N) is 3. The maximum absolute atomic E-state index is 13.2. The summed E-state index contributed by atoms with van der Waals surface area (Å²) in [5.74, 6) is 0.672. The van der Waals surface area contributed by atoms with E-state index >= 15 is 0 Å². The largest absolute Gasteiger partial charge is 0.478 e. The van der Waals surface area contributed by atoms with Crippen LogP contribution in [0, 0.1) is 0 Å². The summed E-state index contributed by atoms with van der Waals surface area (Å²) >= 11 is 0. The maximum Gasteiger partial charge on any atom is 0.265 e. The monoisotopic (exact) mass is 508 g/mol. The van der Waals surface area contributed by atoms with Gasteiger partial charge in [0, 0.05) is 50.6 Å². The van der Waals surface area contributed by atoms with Crippen LogP contribution in [-0.2, 0) is 16.0 Å². The number of carbonyl (C=O) groups is 1. The van der Waals surface area contributed by atoms with Gasteiger partial charge < -0.3 is 29.7 Å². The Morgan fingerprint density at radius 2 is 1.78 bits per heavy atom. The van der Waals surface area contributed by atoms with Crippen molar-refractivity contribution in [2.45, 2.75) is 45.3 Å². The van der Waals surface area contributed by atoms with Gasteiger partial charge in [-0.3, -0.25) is 9.69 Å². The maximum atomic E-state index is 13.2. The number of hydrogen-bond donors (Lipinski definition) is 2. The van der Waals surface area contributed by atoms with Crippen molar-refractivity contribution >= 4 is 23.0 Å². The highest BCUT2D eigenvalue weighted by atomic mass is 16.5. The lowest BCUT2D eigenvalue weighted by Gasteiger charge is -2.38. The molecule has 5 rings (SSSR count). The van der Waals surface area contributed by atoms with E-state index in [1.807, 2.05) is 36.4 Å². The van der Waals surface area contributed by atoms with Gasteiger partial charge in [0.1, 0.15) is 5.75 Å². The molecular weight excluding hydrogens is 468 g/mol. The molecule has 37 heavy (non-hydrogen) atoms. The third kappa shape index (κ3) is 6.03. The van der Waals surface area contributed by atoms with Crippen LogP contribution in [0.3, 0.4) is 0 Å². The van der Waals surface area contributed by atoms with E-state index in [2.05, 4.69) is 26.9 Å². The van der Waals surface area contributed by atoms with Gasteiger partial charge in [-0.25, -0.2) is 0 Å². The van der Waals surface area contributed by atoms with Gasteiger partial charge in [-0.2, -0.15) is 0 Å². The summed E-state index contributed by atoms with van der Waals surface area (Å²) in [4.78, 5) is 20.3. The molecule has 2 aromatic rings. The van der Waals surface area contributed by atoms with Crippen LogP contribution in [0.15, 0.2) is 36.4 Å². The Morgan fingerprint density at radius 1 is 1.05 bits per heavy atom. The predicted octanol–water partition coefficient (Wildman–Crippen LogP) is 3.44. The Balaban J connectivity index is 1.28. The molecule has 2 saturated heterocycles. The summed E-state index contributed by atoms with van der Waals surface area (Å²) in [7, 11) is 0. The quantitative estimate of drug-likeness (QED) is 0.593. The van der Waals surface area contributed by atoms with Crippen molar-refractivity contribution in [1.29, 1.82) is 0 Å². The number of amides is 1. The van der Waals surface area contributed by atoms with Crippen molar-refractivity contribution in [2.75, 3.05) is 74.1 Å². The smallest absolute Gasteiger partial charge is 0.265 e. The van der Waals surface area contributed by atoms with Crippen molar-refractivity contribution < 1.29 is 19.4 Å². The topological polar surface area (TPSA) is 77.5 Å². The zero-order chi connectivity index (χ0) is 25.8. The number of benzene rings is 2. The number of aliphatic hydroxyl groups is 1. The van der Waals surface area contributed by atoms with E-state index in [-0.39, 0.29) is 5.91 Å². The second kappa shape index (κ2) is 11.7. The van der Waals surface area contributed by atoms with Gasteiger partial charge in [-0.1, -0.05) is 6.92 Å². The summed E-state index contributed by atoms with van der Waals surface area (Å²) in [6, 6.07) is 12.1. The van der Waals surface area contributed by atoms with Crippen molar-refractivity contribution in [1.82, 2.24) is 4.90 Å². The highest BCUT2D eigenvalue weighted by Gasteiger charge is 2.31. The number of morpholine rings is 1. The van der Waals surface area contributed by atoms with Gasteiger partial charge in [0.05, 0.1) is 25.0 Å². The third-order valence-electron chi connectivity index (χ3n) is 7.64. The van der Waals surface area contributed by atoms with E-state index in [1.165, 1.54) is 0 Å². The fourth-order valence-electron chi connectivity index (χ4n) is 5.50. The standard InChI is InChI=1S/C29H40N4O4/c1-3-10-31-11-13-33(14-12-31)26-20-23(21(2)34)19-22-4-9-27(37-28(22)26)29(35)30-24-5-7-25(8-6-24)32-15-17-36-18-16-32/h5-8,19-21,27,34H,3-4,9-18H2,1-2H3,(H,30,35). The fraction of sp³-hybridized carbons (Fsp3) is 0.552. The molecule has 2 aromatic carbocycles. The Bertz CT molecular complexity index is 1060. The predicted molar refractivity (Wildman–Crippen MR) is 147 cm³/mol. The molecule has 0 saturated carbocycles. The number of hydrogen-bond acceptors (Lipinski definition) is 7. The minimum Gasteiger partial charge on any atom is -0.478 e. The highest BCUT2D eigenvalue weighted by molar-refractivity contribution is 5.95. The van der Waals surface area contributed by atoms with Crippen LogP contribution in [0.4, 0.5) is 17.1 Å². The molecule has 0 aliphatic carbocycles. The van der Waals surface area contributed by atoms with E-state index in [1.54, 1.807) is 6.92 Å². The number of ether oxygens (including phenoxy) is 2. The molecule has 0 aromatic heterocycles. The molecule has 3 aliphatic rings. The fourth-order valence-corrected chi connectivity index (χ4v) is 5.50. The number of piperazine rings is 1. The number of aliphatic hydroxyl groups excluding tert-OH is 1. The molecule has 3 heterocycles. The van der Waals surface area contributed by atoms with Crippen LogP contribution < -0.4 is 19.9 Å². The van der Waals surface area contributed by atoms with Gasteiger partial charge in [0.2, 0.25) is 0 Å². The normalized spacial score (nSPS) is 21.2. The first-order valence-electron chi connectivity index (χ1n) is 13.7. The van der Waals surface area contributed by atoms with E-state index in [0.29, 0.717) is 6.42 Å². The van der Waals surface area contributed by atoms with Crippen molar-refractivity contribution in [3.05, 3.63) is 47.5 Å². The van der Waals surface area contributed by atoms with E-state index in [0.717, 1.165) is 106 Å². The lowest BCUT2D eigenvalue weighted by Crippen LogP contribution is -2.47. The van der Waals surface area contributed by atoms with E-state index < -0.39 is 12.2 Å². The van der Waals surface area contributed by atoms with Crippen molar-refractivity contribution in [2.24, 2.45) is 0 Å². The molecule has 2 atom stereocenters. The molecular formula is C29H40N4O4. The number of carbonyl (C=O) groups excluding carboxylic acids is 1. The van der Waals surface area contributed by atoms with Gasteiger partial charge >= 0.3 is 0 Å². The summed E-state index contributed by atoms with van der Waals surface area (Å²) in [5, 5.41) is 13.4. The first kappa shape index (κ1) is 25.8. The minimum atomic E-state index is -0.552. The molecule has 1 amide bonds. The van der Waals surface area contributed by atoms with E-state index in [9.17, 15) is 9.90 Å². The highest BCUT2D eigenvalue weighted by Crippen LogP contribution is 2.40. The number of anilines is 3. The molecule has 8 heteroatoms. The Morgan fingerprint density at radius 3 is 2.46 bits per heavy atom. The second-order valence-electron chi connectivity index (χ2n) is 10.3. The average Bonchev–Trinajstić information content (AvgIpc) is 2.93. The zero-order valence-electron chi connectivity index (χ0n) is 22.1. The minimum absolute atomic E-state index is 0.122. The van der Waals surface area contributed by atoms with Crippen LogP contribution in [0.2, 0.25) is 0 Å². The molecule has 8 nitrogen and oxygen atoms in total. The number of fused-ring (bicyclic) bond motifs is 1. The molecule has 2 unspecified atom stereocenters. The summed E-state index contributed by atoms with van der Waals surface area (Å²) in [6.45, 7) is 12.2. The first-order valence-corrected chi connectivity index (χ1v) is 13.7. The van der Waals surface area contributed by atoms with Crippen LogP contribution in [0.1, 0.15) is 43.9 Å². The lowest BCUT2D eigenvalue weighted by molar-refractivity contribution is -0.123. The second-order valence-corrected chi connectivity index (χ2v) is 10.3.